The first kappa shape index (κ1) is 19.2. The van der Waals surface area contributed by atoms with Crippen LogP contribution in [0.3, 0.4) is 0 Å². The number of ketones is 2. The minimum absolute atomic E-state index is 0. The van der Waals surface area contributed by atoms with E-state index in [1.165, 1.54) is 12.1 Å². The predicted molar refractivity (Wildman–Crippen MR) is 103 cm³/mol. The third-order valence-corrected chi connectivity index (χ3v) is 4.55. The van der Waals surface area contributed by atoms with Crippen molar-refractivity contribution in [1.82, 2.24) is 14.7 Å². The van der Waals surface area contributed by atoms with E-state index in [4.69, 9.17) is 5.11 Å². The Hall–Kier alpha value is -2.56. The molecule has 7 nitrogen and oxygen atoms in total. The van der Waals surface area contributed by atoms with Gasteiger partial charge in [-0.05, 0) is 12.1 Å². The van der Waals surface area contributed by atoms with Crippen molar-refractivity contribution in [3.05, 3.63) is 53.0 Å². The minimum Gasteiger partial charge on any atom is -0.507 e. The van der Waals surface area contributed by atoms with Crippen molar-refractivity contribution in [2.75, 3.05) is 39.3 Å². The number of hydrogen-bond acceptors (Lipinski definition) is 7. The topological polar surface area (TPSA) is 80.5 Å². The minimum atomic E-state index is 0. The lowest BCUT2D eigenvalue weighted by Crippen LogP contribution is -2.29. The second-order valence-corrected chi connectivity index (χ2v) is 6.56. The van der Waals surface area contributed by atoms with Gasteiger partial charge in [-0.2, -0.15) is 0 Å². The molecule has 1 aromatic carbocycles. The number of hydrogen-bond donors (Lipinski definition) is 1. The van der Waals surface area contributed by atoms with Gasteiger partial charge in [0.25, 0.3) is 0 Å². The van der Waals surface area contributed by atoms with Crippen molar-refractivity contribution >= 4 is 35.2 Å². The number of benzene rings is 1. The number of para-hydroxylation sites is 1. The molecule has 0 atom stereocenters. The Kier molecular flexibility index (Phi) is 5.40. The molecular weight excluding hydrogens is 361 g/mol. The molecule has 8 heteroatoms. The van der Waals surface area contributed by atoms with Crippen LogP contribution in [0.25, 0.3) is 0 Å². The van der Waals surface area contributed by atoms with Gasteiger partial charge >= 0.3 is 0 Å². The molecule has 3 saturated heterocycles. The summed E-state index contributed by atoms with van der Waals surface area (Å²) >= 11 is 0. The van der Waals surface area contributed by atoms with E-state index in [9.17, 15) is 14.4 Å². The summed E-state index contributed by atoms with van der Waals surface area (Å²) in [6, 6.07) is 6.40. The monoisotopic (exact) mass is 383 g/mol. The van der Waals surface area contributed by atoms with Crippen LogP contribution in [0.4, 0.5) is 0 Å². The Bertz CT molecular complexity index is 852. The maximum Gasteiger partial charge on any atom is 0.227 e. The van der Waals surface area contributed by atoms with Crippen LogP contribution < -0.4 is 0 Å². The van der Waals surface area contributed by atoms with Crippen molar-refractivity contribution in [3.8, 4) is 5.75 Å². The fourth-order valence-electron chi connectivity index (χ4n) is 2.86. The maximum atomic E-state index is 12.4. The fourth-order valence-corrected chi connectivity index (χ4v) is 2.86. The van der Waals surface area contributed by atoms with E-state index in [2.05, 4.69) is 0 Å². The summed E-state index contributed by atoms with van der Waals surface area (Å²) < 4.78 is 0. The second kappa shape index (κ2) is 7.59. The van der Waals surface area contributed by atoms with E-state index in [0.717, 1.165) is 39.3 Å². The van der Waals surface area contributed by atoms with Crippen LogP contribution in [0, 0.1) is 0 Å². The molecule has 0 unspecified atom stereocenters. The molecule has 0 amide bonds. The number of Topliss-reactive ketones (excluding diaryl/α,β-unsaturated/α-hetero) is 1. The Morgan fingerprint density at radius 2 is 1.41 bits per heavy atom. The van der Waals surface area contributed by atoms with Gasteiger partial charge in [-0.25, -0.2) is 0 Å². The van der Waals surface area contributed by atoms with Crippen molar-refractivity contribution in [2.45, 2.75) is 0 Å². The Morgan fingerprint density at radius 3 is 1.89 bits per heavy atom. The summed E-state index contributed by atoms with van der Waals surface area (Å²) in [5.74, 6) is 0.0832. The molecule has 4 aliphatic rings. The average Bonchev–Trinajstić information content (AvgIpc) is 3.50. The van der Waals surface area contributed by atoms with Gasteiger partial charge in [-0.15, -0.1) is 0 Å². The highest BCUT2D eigenvalue weighted by molar-refractivity contribution is 6.22. The summed E-state index contributed by atoms with van der Waals surface area (Å²) in [6.45, 7) is 5.41. The summed E-state index contributed by atoms with van der Waals surface area (Å²) in [5, 5.41) is 8.88. The normalized spacial score (nSPS) is 19.7. The number of carbonyl (C=O) groups is 3. The van der Waals surface area contributed by atoms with E-state index in [1.54, 1.807) is 18.2 Å². The van der Waals surface area contributed by atoms with E-state index >= 15 is 0 Å². The number of aldehydes is 1. The van der Waals surface area contributed by atoms with Crippen LogP contribution in [-0.2, 0) is 9.59 Å². The van der Waals surface area contributed by atoms with E-state index in [0.29, 0.717) is 28.9 Å². The van der Waals surface area contributed by atoms with Crippen molar-refractivity contribution < 1.29 is 19.5 Å². The second-order valence-electron chi connectivity index (χ2n) is 6.56. The van der Waals surface area contributed by atoms with Crippen LogP contribution in [0.1, 0.15) is 10.4 Å². The lowest BCUT2D eigenvalue weighted by molar-refractivity contribution is -0.117. The average molecular weight is 383 g/mol. The van der Waals surface area contributed by atoms with Gasteiger partial charge in [0.15, 0.2) is 23.6 Å². The molecular formula is C19H22AlN3O4. The molecule has 0 radical (unpaired) electrons. The van der Waals surface area contributed by atoms with Crippen LogP contribution >= 0.6 is 0 Å². The van der Waals surface area contributed by atoms with Crippen LogP contribution in [-0.4, -0.2) is 94.3 Å². The standard InChI is InChI=1S/C12H13N3O2.C7H6O2.Al.3H/c16-9-7-8(13-1-2-13)12(17)11(15-5-6-15)10(9)14-3-4-14;8-5-6-3-1-2-4-7(6)9;;;;/h7H,1-6H2;1-5,9H;;;;. The summed E-state index contributed by atoms with van der Waals surface area (Å²) in [4.78, 5) is 40.5. The SMILES string of the molecule is O=C1C=C(N2CC2)C(=O)C(N2CC2)=C1N1CC1.O=Cc1ccccc1O.[AlH3]. The summed E-state index contributed by atoms with van der Waals surface area (Å²) in [5.41, 5.74) is 2.22. The van der Waals surface area contributed by atoms with Gasteiger partial charge in [0.05, 0.1) is 11.3 Å². The molecule has 0 aromatic heterocycles. The molecule has 27 heavy (non-hydrogen) atoms. The maximum absolute atomic E-state index is 12.4. The molecule has 1 N–H and O–H groups in total. The fraction of sp³-hybridized carbons (Fsp3) is 0.316. The van der Waals surface area contributed by atoms with Crippen molar-refractivity contribution in [2.24, 2.45) is 0 Å². The van der Waals surface area contributed by atoms with E-state index in [1.807, 2.05) is 14.7 Å². The highest BCUT2D eigenvalue weighted by Gasteiger charge is 2.43. The summed E-state index contributed by atoms with van der Waals surface area (Å²) in [6.07, 6.45) is 2.14. The number of rotatable bonds is 4. The Labute approximate surface area is 167 Å². The van der Waals surface area contributed by atoms with Crippen LogP contribution in [0.2, 0.25) is 0 Å². The largest absolute Gasteiger partial charge is 0.507 e. The molecule has 1 aliphatic carbocycles. The molecule has 0 spiro atoms. The molecule has 1 aromatic rings. The molecule has 3 heterocycles. The van der Waals surface area contributed by atoms with Gasteiger partial charge in [-0.1, -0.05) is 12.1 Å². The van der Waals surface area contributed by atoms with Crippen LogP contribution in [0.15, 0.2) is 47.4 Å². The Balaban J connectivity index is 0.000000181. The smallest absolute Gasteiger partial charge is 0.227 e. The van der Waals surface area contributed by atoms with Crippen molar-refractivity contribution in [1.29, 1.82) is 0 Å². The van der Waals surface area contributed by atoms with Crippen LogP contribution in [0.5, 0.6) is 5.75 Å². The number of allylic oxidation sites excluding steroid dienone is 1. The Morgan fingerprint density at radius 1 is 0.852 bits per heavy atom. The zero-order valence-electron chi connectivity index (χ0n) is 14.2. The number of phenolic OH excluding ortho intramolecular Hbond substituents is 1. The number of carbonyl (C=O) groups excluding carboxylic acids is 3. The molecule has 0 saturated carbocycles. The third kappa shape index (κ3) is 4.07. The molecule has 3 fully saturated rings. The number of phenols is 1. The lowest BCUT2D eigenvalue weighted by atomic mass is 10.0. The van der Waals surface area contributed by atoms with E-state index in [-0.39, 0.29) is 34.7 Å². The predicted octanol–water partition coefficient (Wildman–Crippen LogP) is -0.799. The molecule has 0 bridgehead atoms. The molecule has 3 aliphatic heterocycles. The molecule has 5 rings (SSSR count). The summed E-state index contributed by atoms with van der Waals surface area (Å²) in [7, 11) is 0. The zero-order valence-corrected chi connectivity index (χ0v) is 14.2. The van der Waals surface area contributed by atoms with Gasteiger partial charge < -0.3 is 19.8 Å². The highest BCUT2D eigenvalue weighted by Crippen LogP contribution is 2.33. The van der Waals surface area contributed by atoms with Gasteiger partial charge in [0, 0.05) is 45.3 Å². The van der Waals surface area contributed by atoms with E-state index < -0.39 is 0 Å². The first-order valence-corrected chi connectivity index (χ1v) is 8.63. The highest BCUT2D eigenvalue weighted by atomic mass is 27.0. The van der Waals surface area contributed by atoms with Gasteiger partial charge in [0.2, 0.25) is 11.6 Å². The number of nitrogens with zero attached hydrogens (tertiary/aromatic N) is 3. The third-order valence-electron chi connectivity index (χ3n) is 4.55. The first-order chi connectivity index (χ1) is 12.6. The quantitative estimate of drug-likeness (QED) is 0.316. The van der Waals surface area contributed by atoms with Gasteiger partial charge in [0.1, 0.15) is 17.1 Å². The zero-order chi connectivity index (χ0) is 18.3. The molecule has 140 valence electrons. The van der Waals surface area contributed by atoms with Crippen molar-refractivity contribution in [3.63, 3.8) is 0 Å². The number of aromatic hydroxyl groups is 1. The lowest BCUT2D eigenvalue weighted by Gasteiger charge is -2.21. The first-order valence-electron chi connectivity index (χ1n) is 8.63. The van der Waals surface area contributed by atoms with Gasteiger partial charge in [-0.3, -0.25) is 14.4 Å².